The zero-order chi connectivity index (χ0) is 15.4. The maximum Gasteiger partial charge on any atom is 0.255 e. The minimum atomic E-state index is -0.203. The van der Waals surface area contributed by atoms with E-state index in [-0.39, 0.29) is 12.5 Å². The van der Waals surface area contributed by atoms with Crippen molar-refractivity contribution in [2.45, 2.75) is 6.61 Å². The van der Waals surface area contributed by atoms with Gasteiger partial charge in [0.05, 0.1) is 6.61 Å². The SMILES string of the molecule is O=C(Nc1cccc(CO)c1)c1ccc(-n2cnnc2)cc1. The zero-order valence-electron chi connectivity index (χ0n) is 11.7. The van der Waals surface area contributed by atoms with E-state index in [1.807, 2.05) is 12.1 Å². The summed E-state index contributed by atoms with van der Waals surface area (Å²) in [6, 6.07) is 14.2. The number of anilines is 1. The van der Waals surface area contributed by atoms with Gasteiger partial charge in [-0.25, -0.2) is 0 Å². The van der Waals surface area contributed by atoms with Gasteiger partial charge in [-0.1, -0.05) is 12.1 Å². The van der Waals surface area contributed by atoms with Crippen LogP contribution in [0.3, 0.4) is 0 Å². The van der Waals surface area contributed by atoms with E-state index in [4.69, 9.17) is 5.11 Å². The summed E-state index contributed by atoms with van der Waals surface area (Å²) in [5, 5.41) is 19.4. The summed E-state index contributed by atoms with van der Waals surface area (Å²) in [6.45, 7) is -0.0582. The van der Waals surface area contributed by atoms with Crippen LogP contribution >= 0.6 is 0 Å². The summed E-state index contributed by atoms with van der Waals surface area (Å²) in [5.41, 5.74) is 2.83. The van der Waals surface area contributed by atoms with Crippen LogP contribution in [0.15, 0.2) is 61.2 Å². The van der Waals surface area contributed by atoms with Crippen LogP contribution < -0.4 is 5.32 Å². The van der Waals surface area contributed by atoms with E-state index in [0.29, 0.717) is 11.3 Å². The fourth-order valence-corrected chi connectivity index (χ4v) is 2.07. The maximum absolute atomic E-state index is 12.2. The smallest absolute Gasteiger partial charge is 0.255 e. The Balaban J connectivity index is 1.74. The highest BCUT2D eigenvalue weighted by Crippen LogP contribution is 2.14. The fourth-order valence-electron chi connectivity index (χ4n) is 2.07. The largest absolute Gasteiger partial charge is 0.392 e. The molecule has 0 unspecified atom stereocenters. The number of carbonyl (C=O) groups excluding carboxylic acids is 1. The third kappa shape index (κ3) is 3.02. The standard InChI is InChI=1S/C16H14N4O2/c21-9-12-2-1-3-14(8-12)19-16(22)13-4-6-15(7-5-13)20-10-17-18-11-20/h1-8,10-11,21H,9H2,(H,19,22). The maximum atomic E-state index is 12.2. The van der Waals surface area contributed by atoms with Crippen LogP contribution in [0.2, 0.25) is 0 Å². The second-order valence-electron chi connectivity index (χ2n) is 4.73. The molecule has 0 fully saturated rings. The third-order valence-corrected chi connectivity index (χ3v) is 3.21. The van der Waals surface area contributed by atoms with Gasteiger partial charge in [-0.2, -0.15) is 0 Å². The van der Waals surface area contributed by atoms with Crippen LogP contribution in [-0.4, -0.2) is 25.8 Å². The van der Waals surface area contributed by atoms with Gasteiger partial charge in [0.1, 0.15) is 12.7 Å². The zero-order valence-corrected chi connectivity index (χ0v) is 11.7. The Morgan fingerprint density at radius 3 is 2.50 bits per heavy atom. The number of aliphatic hydroxyl groups excluding tert-OH is 1. The fraction of sp³-hybridized carbons (Fsp3) is 0.0625. The van der Waals surface area contributed by atoms with Crippen LogP contribution in [0.1, 0.15) is 15.9 Å². The lowest BCUT2D eigenvalue weighted by molar-refractivity contribution is 0.102. The summed E-state index contributed by atoms with van der Waals surface area (Å²) in [5.74, 6) is -0.203. The monoisotopic (exact) mass is 294 g/mol. The van der Waals surface area contributed by atoms with Crippen molar-refractivity contribution in [2.75, 3.05) is 5.32 Å². The number of rotatable bonds is 4. The van der Waals surface area contributed by atoms with E-state index in [1.54, 1.807) is 53.6 Å². The first-order valence-corrected chi connectivity index (χ1v) is 6.72. The van der Waals surface area contributed by atoms with E-state index >= 15 is 0 Å². The minimum Gasteiger partial charge on any atom is -0.392 e. The topological polar surface area (TPSA) is 80.0 Å². The molecule has 1 aromatic heterocycles. The molecule has 6 nitrogen and oxygen atoms in total. The first-order chi connectivity index (χ1) is 10.8. The number of aromatic nitrogens is 3. The van der Waals surface area contributed by atoms with Gasteiger partial charge in [-0.3, -0.25) is 9.36 Å². The van der Waals surface area contributed by atoms with Crippen molar-refractivity contribution in [1.29, 1.82) is 0 Å². The van der Waals surface area contributed by atoms with E-state index < -0.39 is 0 Å². The van der Waals surface area contributed by atoms with Crippen molar-refractivity contribution in [1.82, 2.24) is 14.8 Å². The van der Waals surface area contributed by atoms with E-state index in [2.05, 4.69) is 15.5 Å². The van der Waals surface area contributed by atoms with Gasteiger partial charge in [0.2, 0.25) is 0 Å². The molecule has 1 heterocycles. The number of benzene rings is 2. The number of hydrogen-bond donors (Lipinski definition) is 2. The quantitative estimate of drug-likeness (QED) is 0.771. The van der Waals surface area contributed by atoms with Crippen molar-refractivity contribution < 1.29 is 9.90 Å². The molecule has 0 aliphatic rings. The van der Waals surface area contributed by atoms with Gasteiger partial charge in [0.25, 0.3) is 5.91 Å². The molecular formula is C16H14N4O2. The molecule has 6 heteroatoms. The van der Waals surface area contributed by atoms with Crippen molar-refractivity contribution in [3.8, 4) is 5.69 Å². The Labute approximate surface area is 127 Å². The predicted octanol–water partition coefficient (Wildman–Crippen LogP) is 2.01. The highest BCUT2D eigenvalue weighted by atomic mass is 16.3. The minimum absolute atomic E-state index is 0.0582. The Hall–Kier alpha value is -2.99. The molecule has 0 bridgehead atoms. The lowest BCUT2D eigenvalue weighted by atomic mass is 10.1. The van der Waals surface area contributed by atoms with E-state index in [0.717, 1.165) is 11.3 Å². The molecule has 0 aliphatic carbocycles. The van der Waals surface area contributed by atoms with Gasteiger partial charge in [0, 0.05) is 16.9 Å². The van der Waals surface area contributed by atoms with Crippen molar-refractivity contribution >= 4 is 11.6 Å². The molecule has 0 radical (unpaired) electrons. The summed E-state index contributed by atoms with van der Waals surface area (Å²) in [6.07, 6.45) is 3.19. The normalized spacial score (nSPS) is 10.4. The van der Waals surface area contributed by atoms with Gasteiger partial charge in [0.15, 0.2) is 0 Å². The molecule has 110 valence electrons. The van der Waals surface area contributed by atoms with Gasteiger partial charge < -0.3 is 10.4 Å². The Bertz CT molecular complexity index is 767. The van der Waals surface area contributed by atoms with Crippen molar-refractivity contribution in [2.24, 2.45) is 0 Å². The second kappa shape index (κ2) is 6.19. The average Bonchev–Trinajstić information content (AvgIpc) is 3.09. The van der Waals surface area contributed by atoms with E-state index in [9.17, 15) is 4.79 Å². The molecule has 3 aromatic rings. The predicted molar refractivity (Wildman–Crippen MR) is 81.7 cm³/mol. The first-order valence-electron chi connectivity index (χ1n) is 6.72. The highest BCUT2D eigenvalue weighted by molar-refractivity contribution is 6.04. The lowest BCUT2D eigenvalue weighted by Crippen LogP contribution is -2.12. The van der Waals surface area contributed by atoms with Crippen LogP contribution in [0.25, 0.3) is 5.69 Å². The number of aliphatic hydroxyl groups is 1. The number of carbonyl (C=O) groups is 1. The third-order valence-electron chi connectivity index (χ3n) is 3.21. The van der Waals surface area contributed by atoms with Crippen LogP contribution in [0.4, 0.5) is 5.69 Å². The molecule has 1 amide bonds. The summed E-state index contributed by atoms with van der Waals surface area (Å²) in [7, 11) is 0. The Morgan fingerprint density at radius 1 is 1.09 bits per heavy atom. The van der Waals surface area contributed by atoms with Gasteiger partial charge in [-0.05, 0) is 42.0 Å². The number of nitrogens with one attached hydrogen (secondary N) is 1. The molecule has 0 atom stereocenters. The molecular weight excluding hydrogens is 280 g/mol. The van der Waals surface area contributed by atoms with Crippen LogP contribution in [0, 0.1) is 0 Å². The van der Waals surface area contributed by atoms with Crippen molar-refractivity contribution in [3.05, 3.63) is 72.3 Å². The summed E-state index contributed by atoms with van der Waals surface area (Å²) >= 11 is 0. The molecule has 2 N–H and O–H groups in total. The Kier molecular flexibility index (Phi) is 3.93. The highest BCUT2D eigenvalue weighted by Gasteiger charge is 2.07. The van der Waals surface area contributed by atoms with E-state index in [1.165, 1.54) is 0 Å². The number of nitrogens with zero attached hydrogens (tertiary/aromatic N) is 3. The number of hydrogen-bond acceptors (Lipinski definition) is 4. The molecule has 22 heavy (non-hydrogen) atoms. The first kappa shape index (κ1) is 14.0. The Morgan fingerprint density at radius 2 is 1.82 bits per heavy atom. The molecule has 0 aliphatic heterocycles. The molecule has 0 spiro atoms. The second-order valence-corrected chi connectivity index (χ2v) is 4.73. The molecule has 3 rings (SSSR count). The summed E-state index contributed by atoms with van der Waals surface area (Å²) in [4.78, 5) is 12.2. The van der Waals surface area contributed by atoms with Crippen molar-refractivity contribution in [3.63, 3.8) is 0 Å². The number of amides is 1. The van der Waals surface area contributed by atoms with Crippen LogP contribution in [0.5, 0.6) is 0 Å². The molecule has 2 aromatic carbocycles. The molecule has 0 saturated heterocycles. The average molecular weight is 294 g/mol. The molecule has 0 saturated carbocycles. The van der Waals surface area contributed by atoms with Crippen LogP contribution in [-0.2, 0) is 6.61 Å². The lowest BCUT2D eigenvalue weighted by Gasteiger charge is -2.07. The summed E-state index contributed by atoms with van der Waals surface area (Å²) < 4.78 is 1.76. The van der Waals surface area contributed by atoms with Gasteiger partial charge in [-0.15, -0.1) is 10.2 Å². The van der Waals surface area contributed by atoms with Gasteiger partial charge >= 0.3 is 0 Å².